The fourth-order valence-corrected chi connectivity index (χ4v) is 4.51. The van der Waals surface area contributed by atoms with Crippen molar-refractivity contribution >= 4 is 23.3 Å². The van der Waals surface area contributed by atoms with E-state index < -0.39 is 52.7 Å². The van der Waals surface area contributed by atoms with Gasteiger partial charge in [-0.1, -0.05) is 0 Å². The van der Waals surface area contributed by atoms with Crippen molar-refractivity contribution in [2.24, 2.45) is 0 Å². The zero-order valence-corrected chi connectivity index (χ0v) is 21.0. The lowest BCUT2D eigenvalue weighted by molar-refractivity contribution is -0.138. The van der Waals surface area contributed by atoms with Gasteiger partial charge in [-0.15, -0.1) is 0 Å². The van der Waals surface area contributed by atoms with E-state index in [2.05, 4.69) is 20.7 Å². The first-order valence-electron chi connectivity index (χ1n) is 12.1. The van der Waals surface area contributed by atoms with E-state index in [4.69, 9.17) is 4.74 Å². The van der Waals surface area contributed by atoms with E-state index in [0.29, 0.717) is 6.20 Å². The molecule has 0 aliphatic carbocycles. The Kier molecular flexibility index (Phi) is 8.23. The van der Waals surface area contributed by atoms with Gasteiger partial charge >= 0.3 is 12.4 Å². The molecule has 11 nitrogen and oxygen atoms in total. The molecule has 0 bridgehead atoms. The van der Waals surface area contributed by atoms with Gasteiger partial charge in [0.1, 0.15) is 17.4 Å². The third-order valence-electron chi connectivity index (χ3n) is 6.40. The predicted octanol–water partition coefficient (Wildman–Crippen LogP) is 1.76. The van der Waals surface area contributed by atoms with Crippen LogP contribution in [0.3, 0.4) is 0 Å². The number of aromatic amines is 1. The molecule has 1 saturated heterocycles. The Morgan fingerprint density at radius 3 is 2.62 bits per heavy atom. The Morgan fingerprint density at radius 2 is 1.93 bits per heavy atom. The lowest BCUT2D eigenvalue weighted by atomic mass is 10.1. The standard InChI is InChI=1S/C23H25F6N7O4/c1-12(33-15-9-32-34-21(39)18(15)23(27,28)29)11-40-5-2-17(37)35-3-4-36-16(10-35)20(38)31-7-13-6-14(22(24,25)26)8-30-19(13)36/h6,8-9,12,16H,2-5,7,10-11H2,1H3,(H,31,38)(H2,33,34,39)/t12-,16+/m0/s1. The van der Waals surface area contributed by atoms with Gasteiger partial charge in [-0.25, -0.2) is 10.1 Å². The van der Waals surface area contributed by atoms with Crippen molar-refractivity contribution in [2.45, 2.75) is 44.3 Å². The summed E-state index contributed by atoms with van der Waals surface area (Å²) in [5.41, 5.74) is -4.01. The van der Waals surface area contributed by atoms with Crippen LogP contribution in [-0.4, -0.2) is 76.8 Å². The number of amides is 2. The molecular formula is C23H25F6N7O4. The van der Waals surface area contributed by atoms with Crippen molar-refractivity contribution in [2.75, 3.05) is 43.1 Å². The fraction of sp³-hybridized carbons (Fsp3) is 0.522. The van der Waals surface area contributed by atoms with Crippen molar-refractivity contribution in [3.63, 3.8) is 0 Å². The van der Waals surface area contributed by atoms with E-state index in [1.54, 1.807) is 10.00 Å². The smallest absolute Gasteiger partial charge is 0.379 e. The number of H-pyrrole nitrogens is 1. The number of piperazine rings is 1. The second-order valence-corrected chi connectivity index (χ2v) is 9.33. The van der Waals surface area contributed by atoms with Crippen LogP contribution in [-0.2, 0) is 33.2 Å². The van der Waals surface area contributed by atoms with Crippen molar-refractivity contribution in [1.82, 2.24) is 25.4 Å². The number of alkyl halides is 6. The molecule has 0 aromatic carbocycles. The van der Waals surface area contributed by atoms with Crippen molar-refractivity contribution in [3.8, 4) is 0 Å². The highest BCUT2D eigenvalue weighted by molar-refractivity contribution is 5.88. The normalized spacial score (nSPS) is 18.4. The molecule has 0 saturated carbocycles. The number of carbonyl (C=O) groups is 2. The zero-order chi connectivity index (χ0) is 29.2. The number of rotatable bonds is 7. The minimum absolute atomic E-state index is 0.0134. The molecule has 2 aliphatic heterocycles. The van der Waals surface area contributed by atoms with Gasteiger partial charge in [0, 0.05) is 37.4 Å². The predicted molar refractivity (Wildman–Crippen MR) is 127 cm³/mol. The fourth-order valence-electron chi connectivity index (χ4n) is 4.51. The largest absolute Gasteiger partial charge is 0.423 e. The molecule has 0 radical (unpaired) electrons. The van der Waals surface area contributed by atoms with Gasteiger partial charge in [0.25, 0.3) is 5.56 Å². The van der Waals surface area contributed by atoms with Gasteiger partial charge in [0.2, 0.25) is 11.8 Å². The average molecular weight is 577 g/mol. The third-order valence-corrected chi connectivity index (χ3v) is 6.40. The summed E-state index contributed by atoms with van der Waals surface area (Å²) in [7, 11) is 0. The molecule has 0 spiro atoms. The summed E-state index contributed by atoms with van der Waals surface area (Å²) in [4.78, 5) is 44.0. The summed E-state index contributed by atoms with van der Waals surface area (Å²) in [6.07, 6.45) is -7.99. The van der Waals surface area contributed by atoms with Crippen molar-refractivity contribution in [1.29, 1.82) is 0 Å². The lowest BCUT2D eigenvalue weighted by Gasteiger charge is -2.40. The second-order valence-electron chi connectivity index (χ2n) is 9.33. The summed E-state index contributed by atoms with van der Waals surface area (Å²) < 4.78 is 84.3. The highest BCUT2D eigenvalue weighted by Gasteiger charge is 2.40. The minimum atomic E-state index is -4.89. The van der Waals surface area contributed by atoms with E-state index in [1.807, 2.05) is 0 Å². The average Bonchev–Trinajstić information content (AvgIpc) is 3.01. The molecule has 4 heterocycles. The molecule has 17 heteroatoms. The van der Waals surface area contributed by atoms with Crippen LogP contribution in [0.1, 0.15) is 30.0 Å². The van der Waals surface area contributed by atoms with Crippen LogP contribution in [0.2, 0.25) is 0 Å². The first-order valence-corrected chi connectivity index (χ1v) is 12.1. The van der Waals surface area contributed by atoms with Gasteiger partial charge in [-0.05, 0) is 13.0 Å². The number of nitrogens with zero attached hydrogens (tertiary/aromatic N) is 4. The number of fused-ring (bicyclic) bond motifs is 3. The van der Waals surface area contributed by atoms with Gasteiger partial charge in [-0.2, -0.15) is 31.4 Å². The topological polar surface area (TPSA) is 133 Å². The third kappa shape index (κ3) is 6.46. The first-order chi connectivity index (χ1) is 18.8. The maximum absolute atomic E-state index is 13.2. The summed E-state index contributed by atoms with van der Waals surface area (Å²) in [6.45, 7) is 1.59. The SMILES string of the molecule is C[C@@H](COCCC(=O)N1CCN2c3ncc(C(F)(F)F)cc3CNC(=O)[C@H]2C1)Nc1cn[nH]c(=O)c1C(F)(F)F. The van der Waals surface area contributed by atoms with Crippen LogP contribution in [0.15, 0.2) is 23.3 Å². The van der Waals surface area contributed by atoms with Gasteiger partial charge in [-0.3, -0.25) is 14.4 Å². The number of nitrogens with one attached hydrogen (secondary N) is 3. The molecule has 0 unspecified atom stereocenters. The number of halogens is 6. The molecule has 2 aromatic heterocycles. The van der Waals surface area contributed by atoms with Gasteiger partial charge in [0.05, 0.1) is 43.6 Å². The van der Waals surface area contributed by atoms with Crippen LogP contribution in [0.25, 0.3) is 0 Å². The van der Waals surface area contributed by atoms with E-state index in [1.165, 1.54) is 11.8 Å². The van der Waals surface area contributed by atoms with Crippen LogP contribution in [0.4, 0.5) is 37.8 Å². The van der Waals surface area contributed by atoms with E-state index >= 15 is 0 Å². The van der Waals surface area contributed by atoms with Gasteiger partial charge < -0.3 is 25.2 Å². The Hall–Kier alpha value is -3.89. The molecule has 4 rings (SSSR count). The highest BCUT2D eigenvalue weighted by atomic mass is 19.4. The molecule has 3 N–H and O–H groups in total. The highest BCUT2D eigenvalue weighted by Crippen LogP contribution is 2.34. The molecular weight excluding hydrogens is 552 g/mol. The molecule has 2 aliphatic rings. The van der Waals surface area contributed by atoms with Crippen molar-refractivity contribution in [3.05, 3.63) is 45.5 Å². The van der Waals surface area contributed by atoms with E-state index in [9.17, 15) is 40.7 Å². The summed E-state index contributed by atoms with van der Waals surface area (Å²) >= 11 is 0. The number of hydrogen-bond acceptors (Lipinski definition) is 8. The summed E-state index contributed by atoms with van der Waals surface area (Å²) in [5, 5.41) is 10.2. The quantitative estimate of drug-likeness (QED) is 0.335. The van der Waals surface area contributed by atoms with E-state index in [0.717, 1.165) is 12.3 Å². The molecule has 2 aromatic rings. The van der Waals surface area contributed by atoms with E-state index in [-0.39, 0.29) is 63.1 Å². The number of pyridine rings is 1. The molecule has 1 fully saturated rings. The monoisotopic (exact) mass is 577 g/mol. The number of anilines is 2. The second kappa shape index (κ2) is 11.3. The van der Waals surface area contributed by atoms with Gasteiger partial charge in [0.15, 0.2) is 0 Å². The number of aromatic nitrogens is 3. The Bertz CT molecular complexity index is 1320. The van der Waals surface area contributed by atoms with Crippen LogP contribution < -0.4 is 21.1 Å². The Labute approximate surface area is 222 Å². The number of hydrogen-bond donors (Lipinski definition) is 3. The Balaban J connectivity index is 1.30. The maximum Gasteiger partial charge on any atom is 0.423 e. The van der Waals surface area contributed by atoms with Crippen molar-refractivity contribution < 1.29 is 40.7 Å². The number of carbonyl (C=O) groups excluding carboxylic acids is 2. The Morgan fingerprint density at radius 1 is 1.18 bits per heavy atom. The summed E-state index contributed by atoms with van der Waals surface area (Å²) in [5.74, 6) is -0.540. The summed E-state index contributed by atoms with van der Waals surface area (Å²) in [6, 6.07) is -0.561. The number of ether oxygens (including phenoxy) is 1. The molecule has 40 heavy (non-hydrogen) atoms. The first kappa shape index (κ1) is 29.1. The lowest BCUT2D eigenvalue weighted by Crippen LogP contribution is -2.59. The molecule has 218 valence electrons. The molecule has 2 amide bonds. The minimum Gasteiger partial charge on any atom is -0.379 e. The van der Waals surface area contributed by atoms with Crippen LogP contribution in [0, 0.1) is 0 Å². The van der Waals surface area contributed by atoms with Crippen LogP contribution >= 0.6 is 0 Å². The van der Waals surface area contributed by atoms with Crippen LogP contribution in [0.5, 0.6) is 0 Å². The molecule has 2 atom stereocenters. The zero-order valence-electron chi connectivity index (χ0n) is 21.0. The maximum atomic E-state index is 13.2.